The Kier molecular flexibility index (Phi) is 6.29. The third-order valence-electron chi connectivity index (χ3n) is 4.45. The third-order valence-corrected chi connectivity index (χ3v) is 4.45. The number of methoxy groups -OCH3 is 2. The van der Waals surface area contributed by atoms with Gasteiger partial charge in [0.2, 0.25) is 5.88 Å². The van der Waals surface area contributed by atoms with Gasteiger partial charge in [0.15, 0.2) is 0 Å². The van der Waals surface area contributed by atoms with Gasteiger partial charge in [0.1, 0.15) is 17.1 Å². The highest BCUT2D eigenvalue weighted by atomic mass is 16.5. The van der Waals surface area contributed by atoms with Crippen molar-refractivity contribution in [3.8, 4) is 11.6 Å². The molecule has 29 heavy (non-hydrogen) atoms. The molecule has 0 radical (unpaired) electrons. The predicted molar refractivity (Wildman–Crippen MR) is 109 cm³/mol. The lowest BCUT2D eigenvalue weighted by molar-refractivity contribution is 0.102. The summed E-state index contributed by atoms with van der Waals surface area (Å²) in [5, 5.41) is 2.65. The van der Waals surface area contributed by atoms with E-state index >= 15 is 0 Å². The lowest BCUT2D eigenvalue weighted by atomic mass is 10.1. The van der Waals surface area contributed by atoms with Crippen LogP contribution in [-0.4, -0.2) is 25.1 Å². The zero-order valence-corrected chi connectivity index (χ0v) is 16.5. The maximum Gasteiger partial charge on any atom is 0.349 e. The molecule has 150 valence electrons. The molecule has 3 aromatic rings. The number of hydrogen-bond acceptors (Lipinski definition) is 6. The lowest BCUT2D eigenvalue weighted by Gasteiger charge is -2.09. The molecule has 0 aliphatic heterocycles. The van der Waals surface area contributed by atoms with E-state index in [4.69, 9.17) is 13.9 Å². The summed E-state index contributed by atoms with van der Waals surface area (Å²) in [6.07, 6.45) is 2.71. The number of pyridine rings is 1. The molecule has 7 heteroatoms. The molecule has 2 heterocycles. The van der Waals surface area contributed by atoms with Crippen molar-refractivity contribution >= 4 is 11.6 Å². The quantitative estimate of drug-likeness (QED) is 0.661. The molecule has 7 nitrogen and oxygen atoms in total. The molecule has 1 N–H and O–H groups in total. The van der Waals surface area contributed by atoms with Gasteiger partial charge in [-0.15, -0.1) is 0 Å². The van der Waals surface area contributed by atoms with Crippen molar-refractivity contribution in [3.05, 3.63) is 81.5 Å². The molecule has 0 bridgehead atoms. The van der Waals surface area contributed by atoms with Crippen LogP contribution in [0.2, 0.25) is 0 Å². The second-order valence-electron chi connectivity index (χ2n) is 6.45. The van der Waals surface area contributed by atoms with E-state index in [1.165, 1.54) is 13.3 Å². The van der Waals surface area contributed by atoms with Crippen molar-refractivity contribution in [2.24, 2.45) is 0 Å². The predicted octanol–water partition coefficient (Wildman–Crippen LogP) is 3.40. The smallest absolute Gasteiger partial charge is 0.349 e. The highest BCUT2D eigenvalue weighted by Gasteiger charge is 2.17. The van der Waals surface area contributed by atoms with Crippen LogP contribution in [0.3, 0.4) is 0 Å². The summed E-state index contributed by atoms with van der Waals surface area (Å²) in [6.45, 7) is 1.72. The molecule has 2 aromatic heterocycles. The van der Waals surface area contributed by atoms with Crippen molar-refractivity contribution < 1.29 is 18.7 Å². The van der Waals surface area contributed by atoms with Crippen LogP contribution < -0.4 is 20.4 Å². The van der Waals surface area contributed by atoms with E-state index in [9.17, 15) is 9.59 Å². The summed E-state index contributed by atoms with van der Waals surface area (Å²) in [6, 6.07) is 12.7. The number of amides is 1. The zero-order valence-electron chi connectivity index (χ0n) is 16.5. The first-order valence-electron chi connectivity index (χ1n) is 9.08. The van der Waals surface area contributed by atoms with Gasteiger partial charge in [0.05, 0.1) is 26.1 Å². The van der Waals surface area contributed by atoms with E-state index in [0.717, 1.165) is 11.3 Å². The van der Waals surface area contributed by atoms with Gasteiger partial charge in [-0.25, -0.2) is 9.78 Å². The highest BCUT2D eigenvalue weighted by Crippen LogP contribution is 2.16. The standard InChI is InChI=1S/C22H22N2O5/c1-14-12-18(10-6-15-4-8-17(27-2)9-5-15)29-22(26)20(14)21(25)24-16-7-11-19(28-3)23-13-16/h4-5,7-9,11-13H,6,10H2,1-3H3,(H,24,25). The number of anilines is 1. The summed E-state index contributed by atoms with van der Waals surface area (Å²) in [5.41, 5.74) is 1.44. The van der Waals surface area contributed by atoms with Gasteiger partial charge in [0.25, 0.3) is 5.91 Å². The molecular formula is C22H22N2O5. The summed E-state index contributed by atoms with van der Waals surface area (Å²) in [5.74, 6) is 1.22. The average Bonchev–Trinajstić information content (AvgIpc) is 2.72. The Morgan fingerprint density at radius 2 is 1.83 bits per heavy atom. The monoisotopic (exact) mass is 394 g/mol. The number of aromatic nitrogens is 1. The number of carbonyl (C=O) groups is 1. The maximum atomic E-state index is 12.5. The van der Waals surface area contributed by atoms with Crippen LogP contribution in [0.4, 0.5) is 5.69 Å². The van der Waals surface area contributed by atoms with Crippen molar-refractivity contribution in [2.45, 2.75) is 19.8 Å². The average molecular weight is 394 g/mol. The first-order valence-corrected chi connectivity index (χ1v) is 9.08. The molecule has 0 saturated carbocycles. The highest BCUT2D eigenvalue weighted by molar-refractivity contribution is 6.04. The Hall–Kier alpha value is -3.61. The fourth-order valence-corrected chi connectivity index (χ4v) is 2.90. The summed E-state index contributed by atoms with van der Waals surface area (Å²) < 4.78 is 15.5. The molecule has 1 aromatic carbocycles. The molecule has 0 atom stereocenters. The number of aryl methyl sites for hydroxylation is 3. The van der Waals surface area contributed by atoms with E-state index in [1.54, 1.807) is 32.2 Å². The Bertz CT molecular complexity index is 1040. The maximum absolute atomic E-state index is 12.5. The summed E-state index contributed by atoms with van der Waals surface area (Å²) in [7, 11) is 3.13. The SMILES string of the molecule is COc1ccc(CCc2cc(C)c(C(=O)Nc3ccc(OC)nc3)c(=O)o2)cc1. The van der Waals surface area contributed by atoms with E-state index in [0.29, 0.717) is 35.7 Å². The minimum Gasteiger partial charge on any atom is -0.497 e. The summed E-state index contributed by atoms with van der Waals surface area (Å²) in [4.78, 5) is 28.9. The van der Waals surface area contributed by atoms with Crippen LogP contribution in [0.5, 0.6) is 11.6 Å². The van der Waals surface area contributed by atoms with Gasteiger partial charge in [-0.05, 0) is 48.7 Å². The van der Waals surface area contributed by atoms with E-state index < -0.39 is 11.5 Å². The fourth-order valence-electron chi connectivity index (χ4n) is 2.90. The zero-order chi connectivity index (χ0) is 20.8. The second kappa shape index (κ2) is 9.05. The number of hydrogen-bond donors (Lipinski definition) is 1. The third kappa shape index (κ3) is 5.01. The molecule has 0 aliphatic carbocycles. The van der Waals surface area contributed by atoms with Crippen molar-refractivity contribution in [3.63, 3.8) is 0 Å². The topological polar surface area (TPSA) is 90.7 Å². The number of nitrogens with zero attached hydrogens (tertiary/aromatic N) is 1. The molecule has 1 amide bonds. The minimum absolute atomic E-state index is 0.0194. The molecule has 0 saturated heterocycles. The van der Waals surface area contributed by atoms with Gasteiger partial charge < -0.3 is 19.2 Å². The molecular weight excluding hydrogens is 372 g/mol. The Labute approximate surface area is 168 Å². The van der Waals surface area contributed by atoms with Gasteiger partial charge in [-0.3, -0.25) is 4.79 Å². The van der Waals surface area contributed by atoms with Gasteiger partial charge in [0, 0.05) is 12.5 Å². The van der Waals surface area contributed by atoms with Crippen molar-refractivity contribution in [2.75, 3.05) is 19.5 Å². The number of nitrogens with one attached hydrogen (secondary N) is 1. The van der Waals surface area contributed by atoms with Crippen molar-refractivity contribution in [1.82, 2.24) is 4.98 Å². The Balaban J connectivity index is 1.70. The van der Waals surface area contributed by atoms with Crippen LogP contribution >= 0.6 is 0 Å². The normalized spacial score (nSPS) is 10.4. The molecule has 3 rings (SSSR count). The van der Waals surface area contributed by atoms with Crippen LogP contribution in [0.1, 0.15) is 27.2 Å². The van der Waals surface area contributed by atoms with Gasteiger partial charge in [-0.2, -0.15) is 0 Å². The Morgan fingerprint density at radius 1 is 1.07 bits per heavy atom. The van der Waals surface area contributed by atoms with Crippen LogP contribution in [0, 0.1) is 6.92 Å². The van der Waals surface area contributed by atoms with Gasteiger partial charge >= 0.3 is 5.63 Å². The lowest BCUT2D eigenvalue weighted by Crippen LogP contribution is -2.23. The number of rotatable bonds is 7. The fraction of sp³-hybridized carbons (Fsp3) is 0.227. The second-order valence-corrected chi connectivity index (χ2v) is 6.45. The number of benzene rings is 1. The minimum atomic E-state index is -0.659. The van der Waals surface area contributed by atoms with Crippen LogP contribution in [0.25, 0.3) is 0 Å². The van der Waals surface area contributed by atoms with E-state index in [2.05, 4.69) is 10.3 Å². The molecule has 0 unspecified atom stereocenters. The van der Waals surface area contributed by atoms with Gasteiger partial charge in [-0.1, -0.05) is 12.1 Å². The first-order chi connectivity index (χ1) is 14.0. The summed E-state index contributed by atoms with van der Waals surface area (Å²) >= 11 is 0. The first kappa shape index (κ1) is 20.1. The Morgan fingerprint density at radius 3 is 2.41 bits per heavy atom. The largest absolute Gasteiger partial charge is 0.497 e. The van der Waals surface area contributed by atoms with Crippen molar-refractivity contribution in [1.29, 1.82) is 0 Å². The molecule has 0 fully saturated rings. The van der Waals surface area contributed by atoms with E-state index in [-0.39, 0.29) is 5.56 Å². The molecule has 0 spiro atoms. The van der Waals surface area contributed by atoms with Crippen LogP contribution in [0.15, 0.2) is 57.9 Å². The number of carbonyl (C=O) groups excluding carboxylic acids is 1. The molecule has 0 aliphatic rings. The van der Waals surface area contributed by atoms with Crippen LogP contribution in [-0.2, 0) is 12.8 Å². The van der Waals surface area contributed by atoms with E-state index in [1.807, 2.05) is 24.3 Å². The number of ether oxygens (including phenoxy) is 2.